The molecule has 136 valence electrons. The van der Waals surface area contributed by atoms with Gasteiger partial charge in [-0.2, -0.15) is 5.10 Å². The van der Waals surface area contributed by atoms with E-state index < -0.39 is 0 Å². The third kappa shape index (κ3) is 5.21. The maximum atomic E-state index is 12.2. The van der Waals surface area contributed by atoms with Gasteiger partial charge in [-0.15, -0.1) is 0 Å². The molecule has 1 atom stereocenters. The molecule has 2 rings (SSSR count). The molecular formula is C17H31N5O2. The number of nitrogens with one attached hydrogen (secondary N) is 2. The Labute approximate surface area is 144 Å². The zero-order chi connectivity index (χ0) is 17.5. The van der Waals surface area contributed by atoms with Crippen LogP contribution in [0.5, 0.6) is 0 Å². The molecule has 2 heterocycles. The van der Waals surface area contributed by atoms with Crippen LogP contribution in [0.25, 0.3) is 0 Å². The van der Waals surface area contributed by atoms with Gasteiger partial charge in [0.05, 0.1) is 18.9 Å². The molecule has 0 unspecified atom stereocenters. The van der Waals surface area contributed by atoms with Crippen LogP contribution in [0.15, 0.2) is 0 Å². The number of carbonyl (C=O) groups is 1. The molecule has 1 aromatic rings. The number of aromatic nitrogens is 2. The van der Waals surface area contributed by atoms with Crippen LogP contribution in [0, 0.1) is 13.8 Å². The Morgan fingerprint density at radius 2 is 2.12 bits per heavy atom. The van der Waals surface area contributed by atoms with Crippen LogP contribution in [0.2, 0.25) is 0 Å². The van der Waals surface area contributed by atoms with Crippen molar-refractivity contribution in [1.29, 1.82) is 0 Å². The number of ether oxygens (including phenoxy) is 1. The molecule has 0 bridgehead atoms. The molecule has 2 N–H and O–H groups in total. The summed E-state index contributed by atoms with van der Waals surface area (Å²) in [6.07, 6.45) is 1.85. The molecule has 0 aliphatic carbocycles. The standard InChI is InChI=1S/C17H31N5O2/c1-13(22-8-10-24-11-9-22)12-21(4)17(23)18-7-5-6-16-14(2)19-20-15(16)3/h13H,5-12H2,1-4H3,(H,18,23)(H,19,20)/t13-/m0/s1. The van der Waals surface area contributed by atoms with Crippen molar-refractivity contribution in [3.63, 3.8) is 0 Å². The number of morpholine rings is 1. The van der Waals surface area contributed by atoms with E-state index in [1.54, 1.807) is 4.90 Å². The Kier molecular flexibility index (Phi) is 7.05. The number of amides is 2. The lowest BCUT2D eigenvalue weighted by atomic mass is 10.1. The maximum Gasteiger partial charge on any atom is 0.317 e. The van der Waals surface area contributed by atoms with Crippen molar-refractivity contribution in [3.05, 3.63) is 17.0 Å². The van der Waals surface area contributed by atoms with E-state index >= 15 is 0 Å². The van der Waals surface area contributed by atoms with Crippen LogP contribution >= 0.6 is 0 Å². The minimum Gasteiger partial charge on any atom is -0.379 e. The first-order valence-electron chi connectivity index (χ1n) is 8.80. The number of hydrogen-bond donors (Lipinski definition) is 2. The second kappa shape index (κ2) is 9.03. The Morgan fingerprint density at radius 1 is 1.42 bits per heavy atom. The van der Waals surface area contributed by atoms with Gasteiger partial charge in [-0.25, -0.2) is 4.79 Å². The van der Waals surface area contributed by atoms with E-state index in [1.807, 2.05) is 20.9 Å². The van der Waals surface area contributed by atoms with Crippen molar-refractivity contribution in [2.75, 3.05) is 46.4 Å². The molecular weight excluding hydrogens is 306 g/mol. The lowest BCUT2D eigenvalue weighted by Gasteiger charge is -2.34. The molecule has 0 aromatic carbocycles. The predicted octanol–water partition coefficient (Wildman–Crippen LogP) is 1.32. The van der Waals surface area contributed by atoms with E-state index in [4.69, 9.17) is 4.74 Å². The second-order valence-electron chi connectivity index (χ2n) is 6.63. The van der Waals surface area contributed by atoms with Gasteiger partial charge in [0, 0.05) is 45.0 Å². The van der Waals surface area contributed by atoms with Gasteiger partial charge in [0.15, 0.2) is 0 Å². The third-order valence-corrected chi connectivity index (χ3v) is 4.71. The highest BCUT2D eigenvalue weighted by Crippen LogP contribution is 2.11. The van der Waals surface area contributed by atoms with E-state index in [1.165, 1.54) is 5.56 Å². The first-order valence-corrected chi connectivity index (χ1v) is 8.80. The van der Waals surface area contributed by atoms with Crippen LogP contribution in [0.4, 0.5) is 4.79 Å². The third-order valence-electron chi connectivity index (χ3n) is 4.71. The molecule has 0 saturated carbocycles. The maximum absolute atomic E-state index is 12.2. The average Bonchev–Trinajstić information content (AvgIpc) is 2.90. The van der Waals surface area contributed by atoms with Gasteiger partial charge in [-0.1, -0.05) is 0 Å². The largest absolute Gasteiger partial charge is 0.379 e. The number of aromatic amines is 1. The van der Waals surface area contributed by atoms with Crippen molar-refractivity contribution < 1.29 is 9.53 Å². The second-order valence-corrected chi connectivity index (χ2v) is 6.63. The summed E-state index contributed by atoms with van der Waals surface area (Å²) < 4.78 is 5.37. The van der Waals surface area contributed by atoms with E-state index in [0.29, 0.717) is 12.6 Å². The summed E-state index contributed by atoms with van der Waals surface area (Å²) in [5, 5.41) is 10.2. The highest BCUT2D eigenvalue weighted by atomic mass is 16.5. The average molecular weight is 337 g/mol. The van der Waals surface area contributed by atoms with Gasteiger partial charge in [0.25, 0.3) is 0 Å². The molecule has 1 saturated heterocycles. The first kappa shape index (κ1) is 18.7. The van der Waals surface area contributed by atoms with Gasteiger partial charge in [0.2, 0.25) is 0 Å². The lowest BCUT2D eigenvalue weighted by molar-refractivity contribution is 0.0161. The molecule has 0 spiro atoms. The Bertz CT molecular complexity index is 506. The smallest absolute Gasteiger partial charge is 0.317 e. The summed E-state index contributed by atoms with van der Waals surface area (Å²) in [4.78, 5) is 16.4. The minimum atomic E-state index is -0.00394. The summed E-state index contributed by atoms with van der Waals surface area (Å²) in [6, 6.07) is 0.344. The zero-order valence-corrected chi connectivity index (χ0v) is 15.4. The normalized spacial score (nSPS) is 16.8. The number of likely N-dealkylation sites (N-methyl/N-ethyl adjacent to an activating group) is 1. The lowest BCUT2D eigenvalue weighted by Crippen LogP contribution is -2.49. The molecule has 1 aliphatic heterocycles. The highest BCUT2D eigenvalue weighted by Gasteiger charge is 2.20. The molecule has 1 fully saturated rings. The molecule has 7 heteroatoms. The molecule has 7 nitrogen and oxygen atoms in total. The quantitative estimate of drug-likeness (QED) is 0.736. The van der Waals surface area contributed by atoms with Crippen molar-refractivity contribution >= 4 is 6.03 Å². The topological polar surface area (TPSA) is 73.5 Å². The van der Waals surface area contributed by atoms with Gasteiger partial charge < -0.3 is 15.0 Å². The number of H-pyrrole nitrogens is 1. The zero-order valence-electron chi connectivity index (χ0n) is 15.4. The monoisotopic (exact) mass is 337 g/mol. The van der Waals surface area contributed by atoms with Crippen LogP contribution < -0.4 is 5.32 Å². The molecule has 1 aromatic heterocycles. The van der Waals surface area contributed by atoms with E-state index in [0.717, 1.165) is 57.1 Å². The van der Waals surface area contributed by atoms with Crippen LogP contribution in [0.3, 0.4) is 0 Å². The van der Waals surface area contributed by atoms with Crippen LogP contribution in [-0.2, 0) is 11.2 Å². The molecule has 2 amide bonds. The number of hydrogen-bond acceptors (Lipinski definition) is 4. The Balaban J connectivity index is 1.66. The molecule has 0 radical (unpaired) electrons. The molecule has 1 aliphatic rings. The fraction of sp³-hybridized carbons (Fsp3) is 0.765. The summed E-state index contributed by atoms with van der Waals surface area (Å²) in [5.41, 5.74) is 3.43. The summed E-state index contributed by atoms with van der Waals surface area (Å²) in [7, 11) is 1.86. The number of urea groups is 1. The Hall–Kier alpha value is -1.60. The van der Waals surface area contributed by atoms with Crippen LogP contribution in [0.1, 0.15) is 30.3 Å². The van der Waals surface area contributed by atoms with Crippen molar-refractivity contribution in [3.8, 4) is 0 Å². The van der Waals surface area contributed by atoms with Crippen molar-refractivity contribution in [1.82, 2.24) is 25.3 Å². The molecule has 24 heavy (non-hydrogen) atoms. The number of aryl methyl sites for hydroxylation is 2. The predicted molar refractivity (Wildman–Crippen MR) is 94.3 cm³/mol. The summed E-state index contributed by atoms with van der Waals surface area (Å²) in [5.74, 6) is 0. The van der Waals surface area contributed by atoms with Crippen molar-refractivity contribution in [2.45, 2.75) is 39.7 Å². The summed E-state index contributed by atoms with van der Waals surface area (Å²) in [6.45, 7) is 11.1. The highest BCUT2D eigenvalue weighted by molar-refractivity contribution is 5.73. The van der Waals surface area contributed by atoms with E-state index in [9.17, 15) is 4.79 Å². The van der Waals surface area contributed by atoms with Gasteiger partial charge in [-0.05, 0) is 39.2 Å². The fourth-order valence-corrected chi connectivity index (χ4v) is 3.15. The van der Waals surface area contributed by atoms with Gasteiger partial charge in [-0.3, -0.25) is 10.00 Å². The minimum absolute atomic E-state index is 0.00394. The SMILES string of the molecule is Cc1n[nH]c(C)c1CCCNC(=O)N(C)C[C@H](C)N1CCOCC1. The Morgan fingerprint density at radius 3 is 2.75 bits per heavy atom. The first-order chi connectivity index (χ1) is 11.5. The van der Waals surface area contributed by atoms with Crippen LogP contribution in [-0.4, -0.2) is 78.5 Å². The van der Waals surface area contributed by atoms with E-state index in [-0.39, 0.29) is 6.03 Å². The number of rotatable bonds is 7. The fourth-order valence-electron chi connectivity index (χ4n) is 3.15. The van der Waals surface area contributed by atoms with Gasteiger partial charge >= 0.3 is 6.03 Å². The van der Waals surface area contributed by atoms with Crippen molar-refractivity contribution in [2.24, 2.45) is 0 Å². The number of nitrogens with zero attached hydrogens (tertiary/aromatic N) is 3. The summed E-state index contributed by atoms with van der Waals surface area (Å²) >= 11 is 0. The van der Waals surface area contributed by atoms with Gasteiger partial charge in [0.1, 0.15) is 0 Å². The van der Waals surface area contributed by atoms with E-state index in [2.05, 4.69) is 27.3 Å². The number of carbonyl (C=O) groups excluding carboxylic acids is 1.